The van der Waals surface area contributed by atoms with Crippen LogP contribution >= 0.6 is 0 Å². The number of pyridine rings is 1. The van der Waals surface area contributed by atoms with Gasteiger partial charge in [0.15, 0.2) is 5.78 Å². The Kier molecular flexibility index (Phi) is 4.63. The van der Waals surface area contributed by atoms with Gasteiger partial charge >= 0.3 is 0 Å². The van der Waals surface area contributed by atoms with E-state index in [-0.39, 0.29) is 5.78 Å². The van der Waals surface area contributed by atoms with Crippen LogP contribution < -0.4 is 4.74 Å². The van der Waals surface area contributed by atoms with E-state index < -0.39 is 5.60 Å². The Hall–Kier alpha value is -1.42. The molecule has 0 bridgehead atoms. The molecule has 1 N–H and O–H groups in total. The van der Waals surface area contributed by atoms with Gasteiger partial charge in [-0.1, -0.05) is 13.8 Å². The molecule has 1 aromatic heterocycles. The van der Waals surface area contributed by atoms with Crippen LogP contribution in [0.1, 0.15) is 44.0 Å². The highest BCUT2D eigenvalue weighted by Gasteiger charge is 2.32. The third kappa shape index (κ3) is 3.03. The van der Waals surface area contributed by atoms with Gasteiger partial charge in [0.1, 0.15) is 11.4 Å². The second-order valence-electron chi connectivity index (χ2n) is 3.91. The van der Waals surface area contributed by atoms with Gasteiger partial charge in [0.2, 0.25) is 0 Å². The molecule has 0 atom stereocenters. The predicted molar refractivity (Wildman–Crippen MR) is 65.3 cm³/mol. The molecule has 0 fully saturated rings. The van der Waals surface area contributed by atoms with Crippen LogP contribution in [0.5, 0.6) is 5.75 Å². The van der Waals surface area contributed by atoms with Crippen LogP contribution in [0.15, 0.2) is 18.5 Å². The molecule has 0 spiro atoms. The fraction of sp³-hybridized carbons (Fsp3) is 0.538. The summed E-state index contributed by atoms with van der Waals surface area (Å²) < 4.78 is 5.28. The van der Waals surface area contributed by atoms with Gasteiger partial charge in [-0.3, -0.25) is 9.78 Å². The molecule has 0 aliphatic carbocycles. The summed E-state index contributed by atoms with van der Waals surface area (Å²) >= 11 is 0. The Bertz CT molecular complexity index is 386. The predicted octanol–water partition coefficient (Wildman–Crippen LogP) is 2.21. The monoisotopic (exact) mass is 237 g/mol. The van der Waals surface area contributed by atoms with E-state index in [9.17, 15) is 9.90 Å². The van der Waals surface area contributed by atoms with Crippen molar-refractivity contribution in [1.29, 1.82) is 0 Å². The lowest BCUT2D eigenvalue weighted by molar-refractivity contribution is 0.0277. The highest BCUT2D eigenvalue weighted by Crippen LogP contribution is 2.22. The van der Waals surface area contributed by atoms with Crippen LogP contribution in [-0.2, 0) is 0 Å². The SMILES string of the molecule is CCOc1cncc(C(=O)C(O)(CC)CC)c1. The number of hydrogen-bond acceptors (Lipinski definition) is 4. The molecule has 0 amide bonds. The topological polar surface area (TPSA) is 59.4 Å². The maximum atomic E-state index is 12.1. The highest BCUT2D eigenvalue weighted by atomic mass is 16.5. The molecule has 1 heterocycles. The summed E-state index contributed by atoms with van der Waals surface area (Å²) in [5.74, 6) is 0.254. The van der Waals surface area contributed by atoms with Crippen molar-refractivity contribution >= 4 is 5.78 Å². The average molecular weight is 237 g/mol. The number of ketones is 1. The summed E-state index contributed by atoms with van der Waals surface area (Å²) in [5, 5.41) is 10.2. The summed E-state index contributed by atoms with van der Waals surface area (Å²) in [6, 6.07) is 1.62. The second-order valence-corrected chi connectivity index (χ2v) is 3.91. The van der Waals surface area contributed by atoms with E-state index in [2.05, 4.69) is 4.98 Å². The van der Waals surface area contributed by atoms with Crippen molar-refractivity contribution in [3.05, 3.63) is 24.0 Å². The van der Waals surface area contributed by atoms with Gasteiger partial charge < -0.3 is 9.84 Å². The first-order chi connectivity index (χ1) is 8.07. The van der Waals surface area contributed by atoms with Crippen molar-refractivity contribution in [2.45, 2.75) is 39.2 Å². The summed E-state index contributed by atoms with van der Waals surface area (Å²) in [6.45, 7) is 5.97. The van der Waals surface area contributed by atoms with Gasteiger partial charge in [-0.25, -0.2) is 0 Å². The summed E-state index contributed by atoms with van der Waals surface area (Å²) in [4.78, 5) is 16.1. The van der Waals surface area contributed by atoms with Crippen molar-refractivity contribution in [1.82, 2.24) is 4.98 Å². The molecule has 1 rings (SSSR count). The van der Waals surface area contributed by atoms with Gasteiger partial charge in [-0.2, -0.15) is 0 Å². The smallest absolute Gasteiger partial charge is 0.195 e. The van der Waals surface area contributed by atoms with E-state index in [1.165, 1.54) is 6.20 Å². The second kappa shape index (κ2) is 5.77. The fourth-order valence-corrected chi connectivity index (χ4v) is 1.63. The minimum Gasteiger partial charge on any atom is -0.492 e. The third-order valence-corrected chi connectivity index (χ3v) is 2.88. The minimum atomic E-state index is -1.30. The van der Waals surface area contributed by atoms with E-state index in [0.717, 1.165) is 0 Å². The number of hydrogen-bond donors (Lipinski definition) is 1. The molecule has 0 saturated carbocycles. The molecule has 0 aliphatic rings. The zero-order chi connectivity index (χ0) is 12.9. The third-order valence-electron chi connectivity index (χ3n) is 2.88. The van der Waals surface area contributed by atoms with Gasteiger partial charge in [-0.05, 0) is 25.8 Å². The van der Waals surface area contributed by atoms with Crippen LogP contribution in [0.2, 0.25) is 0 Å². The molecule has 94 valence electrons. The molecular weight excluding hydrogens is 218 g/mol. The Morgan fingerprint density at radius 3 is 2.53 bits per heavy atom. The molecule has 1 aromatic rings. The molecule has 4 nitrogen and oxygen atoms in total. The van der Waals surface area contributed by atoms with Crippen molar-refractivity contribution in [3.8, 4) is 5.75 Å². The summed E-state index contributed by atoms with van der Waals surface area (Å²) in [6.07, 6.45) is 3.79. The normalized spacial score (nSPS) is 11.3. The van der Waals surface area contributed by atoms with E-state index in [1.807, 2.05) is 6.92 Å². The van der Waals surface area contributed by atoms with E-state index in [0.29, 0.717) is 30.8 Å². The lowest BCUT2D eigenvalue weighted by atomic mass is 9.89. The molecule has 0 aliphatic heterocycles. The van der Waals surface area contributed by atoms with E-state index >= 15 is 0 Å². The zero-order valence-corrected chi connectivity index (χ0v) is 10.6. The Morgan fingerprint density at radius 2 is 2.00 bits per heavy atom. The fourth-order valence-electron chi connectivity index (χ4n) is 1.63. The lowest BCUT2D eigenvalue weighted by Crippen LogP contribution is -2.37. The first-order valence-electron chi connectivity index (χ1n) is 5.92. The van der Waals surface area contributed by atoms with Crippen LogP contribution in [0, 0.1) is 0 Å². The Morgan fingerprint density at radius 1 is 1.35 bits per heavy atom. The number of ether oxygens (including phenoxy) is 1. The summed E-state index contributed by atoms with van der Waals surface area (Å²) in [5.41, 5.74) is -0.908. The summed E-state index contributed by atoms with van der Waals surface area (Å²) in [7, 11) is 0. The van der Waals surface area contributed by atoms with Crippen molar-refractivity contribution in [3.63, 3.8) is 0 Å². The van der Waals surface area contributed by atoms with Crippen LogP contribution in [-0.4, -0.2) is 28.1 Å². The van der Waals surface area contributed by atoms with Crippen LogP contribution in [0.3, 0.4) is 0 Å². The van der Waals surface area contributed by atoms with Crippen LogP contribution in [0.4, 0.5) is 0 Å². The van der Waals surface area contributed by atoms with Crippen molar-refractivity contribution in [2.24, 2.45) is 0 Å². The van der Waals surface area contributed by atoms with Gasteiger partial charge in [0.05, 0.1) is 12.8 Å². The Labute approximate surface area is 102 Å². The van der Waals surface area contributed by atoms with E-state index in [4.69, 9.17) is 4.74 Å². The first kappa shape index (κ1) is 13.6. The molecule has 0 unspecified atom stereocenters. The maximum Gasteiger partial charge on any atom is 0.195 e. The standard InChI is InChI=1S/C13H19NO3/c1-4-13(16,5-2)12(15)10-7-11(17-6-3)9-14-8-10/h7-9,16H,4-6H2,1-3H3. The van der Waals surface area contributed by atoms with Crippen molar-refractivity contribution < 1.29 is 14.6 Å². The van der Waals surface area contributed by atoms with Gasteiger partial charge in [0, 0.05) is 11.8 Å². The number of aliphatic hydroxyl groups is 1. The molecule has 0 saturated heterocycles. The van der Waals surface area contributed by atoms with Gasteiger partial charge in [-0.15, -0.1) is 0 Å². The first-order valence-corrected chi connectivity index (χ1v) is 5.92. The lowest BCUT2D eigenvalue weighted by Gasteiger charge is -2.23. The number of Topliss-reactive ketones (excluding diaryl/α,β-unsaturated/α-hetero) is 1. The largest absolute Gasteiger partial charge is 0.492 e. The quantitative estimate of drug-likeness (QED) is 0.771. The number of nitrogens with zero attached hydrogens (tertiary/aromatic N) is 1. The molecule has 17 heavy (non-hydrogen) atoms. The Balaban J connectivity index is 2.99. The number of carbonyl (C=O) groups is 1. The number of aromatic nitrogens is 1. The zero-order valence-electron chi connectivity index (χ0n) is 10.6. The van der Waals surface area contributed by atoms with Crippen molar-refractivity contribution in [2.75, 3.05) is 6.61 Å². The molecular formula is C13H19NO3. The average Bonchev–Trinajstić information content (AvgIpc) is 2.37. The van der Waals surface area contributed by atoms with Crippen LogP contribution in [0.25, 0.3) is 0 Å². The number of carbonyl (C=O) groups excluding carboxylic acids is 1. The minimum absolute atomic E-state index is 0.295. The molecule has 0 aromatic carbocycles. The number of rotatable bonds is 6. The highest BCUT2D eigenvalue weighted by molar-refractivity contribution is 6.02. The molecule has 0 radical (unpaired) electrons. The van der Waals surface area contributed by atoms with Gasteiger partial charge in [0.25, 0.3) is 0 Å². The molecule has 4 heteroatoms. The maximum absolute atomic E-state index is 12.1. The van der Waals surface area contributed by atoms with E-state index in [1.54, 1.807) is 26.1 Å².